The van der Waals surface area contributed by atoms with Gasteiger partial charge in [-0.3, -0.25) is 9.89 Å². The topological polar surface area (TPSA) is 66.5 Å². The van der Waals surface area contributed by atoms with Crippen LogP contribution in [-0.4, -0.2) is 68.0 Å². The fourth-order valence-corrected chi connectivity index (χ4v) is 3.77. The Balaban J connectivity index is 0.000000509. The third-order valence-electron chi connectivity index (χ3n) is 5.59. The summed E-state index contributed by atoms with van der Waals surface area (Å²) in [5, 5.41) is 6.93. The number of aliphatic imine (C=N–C) groups is 1. The first kappa shape index (κ1) is 27.7. The van der Waals surface area contributed by atoms with Crippen LogP contribution in [0.1, 0.15) is 51.7 Å². The predicted molar refractivity (Wildman–Crippen MR) is 144 cm³/mol. The molecule has 186 valence electrons. The average molecular weight is 466 g/mol. The van der Waals surface area contributed by atoms with Crippen LogP contribution in [-0.2, 0) is 4.74 Å². The van der Waals surface area contributed by atoms with Crippen molar-refractivity contribution in [2.24, 2.45) is 21.2 Å². The molecule has 2 aromatic rings. The van der Waals surface area contributed by atoms with E-state index in [9.17, 15) is 0 Å². The molecule has 0 aliphatic carbocycles. The van der Waals surface area contributed by atoms with Gasteiger partial charge in [-0.15, -0.1) is 0 Å². The number of amidine groups is 1. The Kier molecular flexibility index (Phi) is 11.4. The zero-order chi connectivity index (χ0) is 25.0. The number of hydrogen-bond donors (Lipinski definition) is 1. The van der Waals surface area contributed by atoms with Crippen molar-refractivity contribution in [3.8, 4) is 0 Å². The molecule has 1 atom stereocenters. The lowest BCUT2D eigenvalue weighted by Crippen LogP contribution is -2.34. The summed E-state index contributed by atoms with van der Waals surface area (Å²) in [5.74, 6) is 1.05. The van der Waals surface area contributed by atoms with Crippen LogP contribution in [0.15, 0.2) is 70.8 Å². The maximum absolute atomic E-state index is 6.03. The highest BCUT2D eigenvalue weighted by atomic mass is 16.5. The highest BCUT2D eigenvalue weighted by Gasteiger charge is 2.30. The van der Waals surface area contributed by atoms with Gasteiger partial charge in [-0.1, -0.05) is 95.3 Å². The van der Waals surface area contributed by atoms with Crippen molar-refractivity contribution in [2.75, 3.05) is 46.6 Å². The Hall–Kier alpha value is -2.54. The van der Waals surface area contributed by atoms with E-state index in [1.807, 2.05) is 17.1 Å². The highest BCUT2D eigenvalue weighted by molar-refractivity contribution is 6.07. The lowest BCUT2D eigenvalue weighted by atomic mass is 9.91. The van der Waals surface area contributed by atoms with Crippen LogP contribution in [0.5, 0.6) is 0 Å². The lowest BCUT2D eigenvalue weighted by molar-refractivity contribution is 0.116. The molecule has 6 nitrogen and oxygen atoms in total. The Morgan fingerprint density at radius 1 is 1.06 bits per heavy atom. The first-order chi connectivity index (χ1) is 16.3. The first-order valence-corrected chi connectivity index (χ1v) is 12.2. The normalized spacial score (nSPS) is 16.4. The Labute approximate surface area is 206 Å². The second-order valence-corrected chi connectivity index (χ2v) is 9.61. The molecule has 0 spiro atoms. The molecule has 2 aromatic carbocycles. The van der Waals surface area contributed by atoms with E-state index in [-0.39, 0.29) is 5.92 Å². The van der Waals surface area contributed by atoms with E-state index in [0.29, 0.717) is 18.6 Å². The van der Waals surface area contributed by atoms with Crippen LogP contribution < -0.4 is 5.73 Å². The van der Waals surface area contributed by atoms with Gasteiger partial charge in [0.25, 0.3) is 0 Å². The molecule has 0 amide bonds. The van der Waals surface area contributed by atoms with Crippen LogP contribution >= 0.6 is 0 Å². The zero-order valence-electron chi connectivity index (χ0n) is 21.9. The molecule has 0 aromatic heterocycles. The van der Waals surface area contributed by atoms with Crippen molar-refractivity contribution >= 4 is 11.5 Å². The minimum absolute atomic E-state index is 0.207. The number of nitrogens with zero attached hydrogens (tertiary/aromatic N) is 4. The van der Waals surface area contributed by atoms with Crippen molar-refractivity contribution in [1.82, 2.24) is 9.91 Å². The number of hydrazone groups is 1. The molecule has 1 aliphatic rings. The molecular formula is C28H43N5O. The second kappa shape index (κ2) is 14.0. The maximum Gasteiger partial charge on any atom is 0.135 e. The summed E-state index contributed by atoms with van der Waals surface area (Å²) < 4.78 is 4.91. The van der Waals surface area contributed by atoms with Crippen LogP contribution in [0, 0.1) is 5.41 Å². The molecule has 6 heteroatoms. The van der Waals surface area contributed by atoms with E-state index in [4.69, 9.17) is 20.6 Å². The molecule has 0 fully saturated rings. The van der Waals surface area contributed by atoms with Gasteiger partial charge < -0.3 is 10.5 Å². The summed E-state index contributed by atoms with van der Waals surface area (Å²) in [4.78, 5) is 7.02. The number of ether oxygens (including phenoxy) is 1. The number of nitrogens with two attached hydrogens (primary N) is 1. The average Bonchev–Trinajstić information content (AvgIpc) is 3.28. The minimum atomic E-state index is 0.207. The van der Waals surface area contributed by atoms with Crippen LogP contribution in [0.2, 0.25) is 0 Å². The van der Waals surface area contributed by atoms with Crippen molar-refractivity contribution < 1.29 is 4.74 Å². The van der Waals surface area contributed by atoms with Crippen LogP contribution in [0.25, 0.3) is 0 Å². The predicted octanol–water partition coefficient (Wildman–Crippen LogP) is 4.83. The number of hydrogen-bond acceptors (Lipinski definition) is 5. The Morgan fingerprint density at radius 2 is 1.65 bits per heavy atom. The molecule has 0 radical (unpaired) electrons. The van der Waals surface area contributed by atoms with E-state index >= 15 is 0 Å². The highest BCUT2D eigenvalue weighted by Crippen LogP contribution is 2.28. The van der Waals surface area contributed by atoms with Gasteiger partial charge in [-0.2, -0.15) is 5.10 Å². The second-order valence-electron chi connectivity index (χ2n) is 9.61. The van der Waals surface area contributed by atoms with Gasteiger partial charge in [0, 0.05) is 13.0 Å². The smallest absolute Gasteiger partial charge is 0.135 e. The van der Waals surface area contributed by atoms with Gasteiger partial charge in [0.15, 0.2) is 0 Å². The van der Waals surface area contributed by atoms with Gasteiger partial charge in [-0.25, -0.2) is 5.01 Å². The van der Waals surface area contributed by atoms with Gasteiger partial charge in [0.05, 0.1) is 32.1 Å². The van der Waals surface area contributed by atoms with Gasteiger partial charge in [0.2, 0.25) is 0 Å². The fraction of sp³-hybridized carbons (Fsp3) is 0.500. The van der Waals surface area contributed by atoms with E-state index in [0.717, 1.165) is 43.4 Å². The van der Waals surface area contributed by atoms with Crippen molar-refractivity contribution in [1.29, 1.82) is 0 Å². The van der Waals surface area contributed by atoms with E-state index in [1.54, 1.807) is 7.11 Å². The quantitative estimate of drug-likeness (QED) is 0.448. The molecule has 0 bridgehead atoms. The Bertz CT molecular complexity index is 886. The van der Waals surface area contributed by atoms with E-state index < -0.39 is 0 Å². The molecule has 1 heterocycles. The molecule has 2 N–H and O–H groups in total. The SMILES string of the molecule is CCN(CC)CN=C(CN)N1CC(c2ccccc2)C(c2ccccc2)=N1.COCC(C)(C)C. The third kappa shape index (κ3) is 8.67. The van der Waals surface area contributed by atoms with Crippen molar-refractivity contribution in [3.05, 3.63) is 71.8 Å². The van der Waals surface area contributed by atoms with Crippen LogP contribution in [0.3, 0.4) is 0 Å². The molecule has 0 saturated heterocycles. The maximum atomic E-state index is 6.03. The van der Waals surface area contributed by atoms with Crippen molar-refractivity contribution in [3.63, 3.8) is 0 Å². The summed E-state index contributed by atoms with van der Waals surface area (Å²) in [6, 6.07) is 20.9. The monoisotopic (exact) mass is 465 g/mol. The lowest BCUT2D eigenvalue weighted by Gasteiger charge is -2.20. The summed E-state index contributed by atoms with van der Waals surface area (Å²) in [6.07, 6.45) is 0. The molecule has 34 heavy (non-hydrogen) atoms. The van der Waals surface area contributed by atoms with E-state index in [2.05, 4.69) is 88.0 Å². The fourth-order valence-electron chi connectivity index (χ4n) is 3.77. The summed E-state index contributed by atoms with van der Waals surface area (Å²) >= 11 is 0. The Morgan fingerprint density at radius 3 is 2.12 bits per heavy atom. The summed E-state index contributed by atoms with van der Waals surface area (Å²) in [5.41, 5.74) is 9.85. The third-order valence-corrected chi connectivity index (χ3v) is 5.59. The molecule has 1 unspecified atom stereocenters. The number of benzene rings is 2. The van der Waals surface area contributed by atoms with Crippen LogP contribution in [0.4, 0.5) is 0 Å². The summed E-state index contributed by atoms with van der Waals surface area (Å²) in [7, 11) is 1.73. The molecule has 1 aliphatic heterocycles. The molecule has 0 saturated carbocycles. The largest absolute Gasteiger partial charge is 0.384 e. The first-order valence-electron chi connectivity index (χ1n) is 12.2. The molecular weight excluding hydrogens is 422 g/mol. The standard InChI is InChI=1S/C22H29N5.C6H14O/c1-3-26(4-2)17-24-21(15-23)27-16-20(18-11-7-5-8-12-18)22(25-27)19-13-9-6-10-14-19;1-6(2,3)5-7-4/h5-14,20H,3-4,15-17,23H2,1-2H3;5H2,1-4H3. The minimum Gasteiger partial charge on any atom is -0.384 e. The van der Waals surface area contributed by atoms with Gasteiger partial charge >= 0.3 is 0 Å². The molecule has 3 rings (SSSR count). The van der Waals surface area contributed by atoms with Gasteiger partial charge in [-0.05, 0) is 29.6 Å². The van der Waals surface area contributed by atoms with Crippen molar-refractivity contribution in [2.45, 2.75) is 40.5 Å². The summed E-state index contributed by atoms with van der Waals surface area (Å²) in [6.45, 7) is 15.3. The van der Waals surface area contributed by atoms with E-state index in [1.165, 1.54) is 5.56 Å². The number of rotatable bonds is 8. The zero-order valence-corrected chi connectivity index (χ0v) is 21.9. The van der Waals surface area contributed by atoms with Gasteiger partial charge in [0.1, 0.15) is 5.84 Å². The number of methoxy groups -OCH3 is 1.